The average Bonchev–Trinajstić information content (AvgIpc) is 3.03. The second kappa shape index (κ2) is 6.05. The second-order valence-corrected chi connectivity index (χ2v) is 6.85. The van der Waals surface area contributed by atoms with E-state index in [1.165, 1.54) is 17.7 Å². The zero-order chi connectivity index (χ0) is 18.2. The first-order valence-electron chi connectivity index (χ1n) is 7.83. The lowest BCUT2D eigenvalue weighted by Crippen LogP contribution is -2.10. The number of anilines is 1. The number of hydrogen-bond acceptors (Lipinski definition) is 5. The lowest BCUT2D eigenvalue weighted by molar-refractivity contribution is 0.0697. The van der Waals surface area contributed by atoms with Crippen molar-refractivity contribution in [2.45, 2.75) is 26.2 Å². The molecule has 0 aliphatic carbocycles. The first-order valence-corrected chi connectivity index (χ1v) is 7.83. The lowest BCUT2D eigenvalue weighted by atomic mass is 9.87. The second-order valence-electron chi connectivity index (χ2n) is 6.85. The molecule has 25 heavy (non-hydrogen) atoms. The fraction of sp³-hybridized carbons (Fsp3) is 0.211. The fourth-order valence-corrected chi connectivity index (χ4v) is 2.45. The standard InChI is InChI=1S/C19H19N3O3/c1-19(2,3)13-7-4-11(5-8-13)16-21-22-17(25-16)14-9-6-12(18(23)24)10-15(14)20/h4-10H,20H2,1-3H3,(H,23,24). The molecule has 6 heteroatoms. The first kappa shape index (κ1) is 16.7. The zero-order valence-corrected chi connectivity index (χ0v) is 14.3. The Morgan fingerprint density at radius 1 is 1.04 bits per heavy atom. The zero-order valence-electron chi connectivity index (χ0n) is 14.3. The van der Waals surface area contributed by atoms with E-state index in [9.17, 15) is 4.79 Å². The van der Waals surface area contributed by atoms with E-state index >= 15 is 0 Å². The van der Waals surface area contributed by atoms with Gasteiger partial charge in [-0.25, -0.2) is 4.79 Å². The number of hydrogen-bond donors (Lipinski definition) is 2. The van der Waals surface area contributed by atoms with Crippen LogP contribution >= 0.6 is 0 Å². The third kappa shape index (κ3) is 3.38. The Hall–Kier alpha value is -3.15. The summed E-state index contributed by atoms with van der Waals surface area (Å²) in [5.41, 5.74) is 8.90. The predicted octanol–water partition coefficient (Wildman–Crippen LogP) is 3.98. The Morgan fingerprint density at radius 2 is 1.68 bits per heavy atom. The van der Waals surface area contributed by atoms with Gasteiger partial charge in [0.25, 0.3) is 0 Å². The number of carbonyl (C=O) groups is 1. The molecule has 0 saturated heterocycles. The van der Waals surface area contributed by atoms with Crippen LogP contribution in [0.2, 0.25) is 0 Å². The van der Waals surface area contributed by atoms with Gasteiger partial charge in [0.05, 0.1) is 11.1 Å². The van der Waals surface area contributed by atoms with Gasteiger partial charge in [-0.3, -0.25) is 0 Å². The van der Waals surface area contributed by atoms with Crippen LogP contribution in [0.15, 0.2) is 46.9 Å². The van der Waals surface area contributed by atoms with E-state index in [4.69, 9.17) is 15.3 Å². The van der Waals surface area contributed by atoms with Crippen LogP contribution in [0.4, 0.5) is 5.69 Å². The van der Waals surface area contributed by atoms with Crippen molar-refractivity contribution in [1.29, 1.82) is 0 Å². The molecule has 0 aliphatic heterocycles. The molecule has 128 valence electrons. The van der Waals surface area contributed by atoms with Gasteiger partial charge in [0.15, 0.2) is 0 Å². The van der Waals surface area contributed by atoms with Crippen molar-refractivity contribution in [3.05, 3.63) is 53.6 Å². The van der Waals surface area contributed by atoms with E-state index in [2.05, 4.69) is 31.0 Å². The van der Waals surface area contributed by atoms with Crippen LogP contribution in [0, 0.1) is 0 Å². The summed E-state index contributed by atoms with van der Waals surface area (Å²) in [6, 6.07) is 12.3. The van der Waals surface area contributed by atoms with E-state index in [-0.39, 0.29) is 22.6 Å². The normalized spacial score (nSPS) is 11.5. The van der Waals surface area contributed by atoms with E-state index in [0.717, 1.165) is 5.56 Å². The van der Waals surface area contributed by atoms with Crippen LogP contribution in [0.25, 0.3) is 22.9 Å². The molecule has 3 rings (SSSR count). The number of nitrogens with two attached hydrogens (primary N) is 1. The molecule has 0 aliphatic rings. The molecule has 1 aromatic heterocycles. The summed E-state index contributed by atoms with van der Waals surface area (Å²) in [5, 5.41) is 17.1. The highest BCUT2D eigenvalue weighted by molar-refractivity contribution is 5.90. The molecule has 0 spiro atoms. The fourth-order valence-electron chi connectivity index (χ4n) is 2.45. The Labute approximate surface area is 145 Å². The quantitative estimate of drug-likeness (QED) is 0.701. The van der Waals surface area contributed by atoms with Crippen LogP contribution in [0.1, 0.15) is 36.7 Å². The Kier molecular flexibility index (Phi) is 4.04. The first-order chi connectivity index (χ1) is 11.8. The highest BCUT2D eigenvalue weighted by atomic mass is 16.4. The van der Waals surface area contributed by atoms with Gasteiger partial charge in [-0.15, -0.1) is 10.2 Å². The Balaban J connectivity index is 1.91. The molecule has 3 aromatic rings. The van der Waals surface area contributed by atoms with Crippen LogP contribution < -0.4 is 5.73 Å². The van der Waals surface area contributed by atoms with Gasteiger partial charge >= 0.3 is 5.97 Å². The minimum Gasteiger partial charge on any atom is -0.478 e. The van der Waals surface area contributed by atoms with Crippen molar-refractivity contribution in [2.75, 3.05) is 5.73 Å². The molecular formula is C19H19N3O3. The smallest absolute Gasteiger partial charge is 0.335 e. The maximum absolute atomic E-state index is 11.0. The Morgan fingerprint density at radius 3 is 2.24 bits per heavy atom. The van der Waals surface area contributed by atoms with Gasteiger partial charge in [-0.1, -0.05) is 32.9 Å². The summed E-state index contributed by atoms with van der Waals surface area (Å²) in [6.07, 6.45) is 0. The van der Waals surface area contributed by atoms with Crippen molar-refractivity contribution in [3.63, 3.8) is 0 Å². The molecule has 0 amide bonds. The monoisotopic (exact) mass is 337 g/mol. The summed E-state index contributed by atoms with van der Waals surface area (Å²) in [5.74, 6) is -0.398. The lowest BCUT2D eigenvalue weighted by Gasteiger charge is -2.18. The topological polar surface area (TPSA) is 102 Å². The van der Waals surface area contributed by atoms with Crippen molar-refractivity contribution in [1.82, 2.24) is 10.2 Å². The number of aromatic nitrogens is 2. The number of nitrogens with zero attached hydrogens (tertiary/aromatic N) is 2. The van der Waals surface area contributed by atoms with Crippen LogP contribution in [-0.2, 0) is 5.41 Å². The van der Waals surface area contributed by atoms with E-state index < -0.39 is 5.97 Å². The highest BCUT2D eigenvalue weighted by Gasteiger charge is 2.16. The molecule has 1 heterocycles. The van der Waals surface area contributed by atoms with Gasteiger partial charge < -0.3 is 15.3 Å². The number of carboxylic acid groups (broad SMARTS) is 1. The van der Waals surface area contributed by atoms with Crippen LogP contribution in [-0.4, -0.2) is 21.3 Å². The third-order valence-corrected chi connectivity index (χ3v) is 3.95. The number of aromatic carboxylic acids is 1. The molecule has 0 bridgehead atoms. The molecule has 6 nitrogen and oxygen atoms in total. The minimum absolute atomic E-state index is 0.0683. The molecule has 0 fully saturated rings. The third-order valence-electron chi connectivity index (χ3n) is 3.95. The number of benzene rings is 2. The van der Waals surface area contributed by atoms with Gasteiger partial charge in [0, 0.05) is 11.3 Å². The summed E-state index contributed by atoms with van der Waals surface area (Å²) in [7, 11) is 0. The summed E-state index contributed by atoms with van der Waals surface area (Å²) < 4.78 is 5.71. The summed E-state index contributed by atoms with van der Waals surface area (Å²) >= 11 is 0. The SMILES string of the molecule is CC(C)(C)c1ccc(-c2nnc(-c3ccc(C(=O)O)cc3N)o2)cc1. The van der Waals surface area contributed by atoms with Crippen molar-refractivity contribution >= 4 is 11.7 Å². The molecule has 0 atom stereocenters. The molecule has 0 unspecified atom stereocenters. The van der Waals surface area contributed by atoms with E-state index in [0.29, 0.717) is 11.5 Å². The van der Waals surface area contributed by atoms with Gasteiger partial charge in [-0.2, -0.15) is 0 Å². The molecule has 0 saturated carbocycles. The summed E-state index contributed by atoms with van der Waals surface area (Å²) in [4.78, 5) is 11.0. The number of nitrogen functional groups attached to an aromatic ring is 1. The maximum Gasteiger partial charge on any atom is 0.335 e. The predicted molar refractivity (Wildman–Crippen MR) is 95.2 cm³/mol. The molecular weight excluding hydrogens is 318 g/mol. The van der Waals surface area contributed by atoms with Crippen LogP contribution in [0.3, 0.4) is 0 Å². The molecule has 3 N–H and O–H groups in total. The van der Waals surface area contributed by atoms with Gasteiger partial charge in [0.1, 0.15) is 0 Å². The largest absolute Gasteiger partial charge is 0.478 e. The minimum atomic E-state index is -1.04. The Bertz CT molecular complexity index is 922. The highest BCUT2D eigenvalue weighted by Crippen LogP contribution is 2.30. The van der Waals surface area contributed by atoms with E-state index in [1.807, 2.05) is 24.3 Å². The van der Waals surface area contributed by atoms with Gasteiger partial charge in [0.2, 0.25) is 11.8 Å². The molecule has 0 radical (unpaired) electrons. The number of carboxylic acids is 1. The van der Waals surface area contributed by atoms with Crippen molar-refractivity contribution in [3.8, 4) is 22.9 Å². The van der Waals surface area contributed by atoms with Crippen molar-refractivity contribution < 1.29 is 14.3 Å². The van der Waals surface area contributed by atoms with Crippen LogP contribution in [0.5, 0.6) is 0 Å². The average molecular weight is 337 g/mol. The number of rotatable bonds is 3. The summed E-state index contributed by atoms with van der Waals surface area (Å²) in [6.45, 7) is 6.45. The maximum atomic E-state index is 11.0. The van der Waals surface area contributed by atoms with Gasteiger partial charge in [-0.05, 0) is 41.3 Å². The van der Waals surface area contributed by atoms with E-state index in [1.54, 1.807) is 6.07 Å². The molecule has 2 aromatic carbocycles. The van der Waals surface area contributed by atoms with Crippen molar-refractivity contribution in [2.24, 2.45) is 0 Å².